The molecule has 2 saturated heterocycles. The molecule has 0 saturated carbocycles. The van der Waals surface area contributed by atoms with Gasteiger partial charge >= 0.3 is 6.18 Å². The Morgan fingerprint density at radius 2 is 1.50 bits per heavy atom. The van der Waals surface area contributed by atoms with Crippen LogP contribution in [0.3, 0.4) is 0 Å². The average Bonchev–Trinajstić information content (AvgIpc) is 3.05. The van der Waals surface area contributed by atoms with Crippen LogP contribution < -0.4 is 0 Å². The molecule has 2 aromatic rings. The van der Waals surface area contributed by atoms with E-state index < -0.39 is 11.7 Å². The van der Waals surface area contributed by atoms with E-state index in [0.29, 0.717) is 24.6 Å². The fraction of sp³-hybridized carbons (Fsp3) is 0.619. The number of tetrazole rings is 1. The molecule has 32 heavy (non-hydrogen) atoms. The van der Waals surface area contributed by atoms with Crippen LogP contribution in [0.2, 0.25) is 0 Å². The number of carbonyl (C=O) groups excluding carboxylic acids is 1. The standard InChI is InChI=1S/C21H28F3N7O/c22-21(23,24)17-5-7-18(8-6-17)31-19(25-26-27-31)15-28-11-13-29(14-12-28)16-20(32)30-9-3-1-2-4-10-30/h5-8H,1-4,9-16H2. The Morgan fingerprint density at radius 1 is 0.875 bits per heavy atom. The molecule has 11 heteroatoms. The van der Waals surface area contributed by atoms with Crippen molar-refractivity contribution in [1.29, 1.82) is 0 Å². The van der Waals surface area contributed by atoms with E-state index in [9.17, 15) is 18.0 Å². The molecule has 1 aromatic heterocycles. The summed E-state index contributed by atoms with van der Waals surface area (Å²) in [6.07, 6.45) is 0.208. The van der Waals surface area contributed by atoms with Crippen LogP contribution in [0.4, 0.5) is 13.2 Å². The van der Waals surface area contributed by atoms with Crippen LogP contribution in [0, 0.1) is 0 Å². The zero-order chi connectivity index (χ0) is 22.6. The quantitative estimate of drug-likeness (QED) is 0.694. The van der Waals surface area contributed by atoms with Crippen molar-refractivity contribution in [2.75, 3.05) is 45.8 Å². The average molecular weight is 451 g/mol. The summed E-state index contributed by atoms with van der Waals surface area (Å²) in [5.74, 6) is 0.783. The van der Waals surface area contributed by atoms with Gasteiger partial charge in [-0.3, -0.25) is 14.6 Å². The van der Waals surface area contributed by atoms with Crippen molar-refractivity contribution in [2.45, 2.75) is 38.4 Å². The Bertz CT molecular complexity index is 884. The number of rotatable bonds is 5. The molecule has 8 nitrogen and oxygen atoms in total. The van der Waals surface area contributed by atoms with Gasteiger partial charge < -0.3 is 4.90 Å². The predicted octanol–water partition coefficient (Wildman–Crippen LogP) is 2.20. The molecule has 0 radical (unpaired) electrons. The highest BCUT2D eigenvalue weighted by Crippen LogP contribution is 2.29. The Balaban J connectivity index is 1.30. The third-order valence-electron chi connectivity index (χ3n) is 6.12. The molecule has 2 fully saturated rings. The lowest BCUT2D eigenvalue weighted by Crippen LogP contribution is -2.50. The fourth-order valence-corrected chi connectivity index (χ4v) is 4.21. The lowest BCUT2D eigenvalue weighted by molar-refractivity contribution is -0.137. The third kappa shape index (κ3) is 5.63. The van der Waals surface area contributed by atoms with Gasteiger partial charge in [0.1, 0.15) is 0 Å². The van der Waals surface area contributed by atoms with Gasteiger partial charge in [-0.05, 0) is 47.5 Å². The second kappa shape index (κ2) is 9.95. The summed E-state index contributed by atoms with van der Waals surface area (Å²) >= 11 is 0. The number of likely N-dealkylation sites (tertiary alicyclic amines) is 1. The van der Waals surface area contributed by atoms with Crippen LogP contribution in [-0.2, 0) is 17.5 Å². The number of amides is 1. The number of nitrogens with zero attached hydrogens (tertiary/aromatic N) is 7. The minimum absolute atomic E-state index is 0.214. The van der Waals surface area contributed by atoms with Gasteiger partial charge in [0.25, 0.3) is 0 Å². The molecule has 0 N–H and O–H groups in total. The van der Waals surface area contributed by atoms with Gasteiger partial charge in [-0.25, -0.2) is 0 Å². The summed E-state index contributed by atoms with van der Waals surface area (Å²) in [5.41, 5.74) is -0.221. The molecule has 0 spiro atoms. The Hall–Kier alpha value is -2.53. The van der Waals surface area contributed by atoms with E-state index in [1.54, 1.807) is 0 Å². The Labute approximate surface area is 185 Å². The molecule has 2 aliphatic heterocycles. The zero-order valence-electron chi connectivity index (χ0n) is 18.0. The van der Waals surface area contributed by atoms with Gasteiger partial charge in [-0.1, -0.05) is 12.8 Å². The number of hydrogen-bond acceptors (Lipinski definition) is 6. The maximum Gasteiger partial charge on any atom is 0.416 e. The van der Waals surface area contributed by atoms with Gasteiger partial charge in [0.15, 0.2) is 5.82 Å². The number of aromatic nitrogens is 4. The van der Waals surface area contributed by atoms with E-state index in [4.69, 9.17) is 0 Å². The second-order valence-corrected chi connectivity index (χ2v) is 8.40. The smallest absolute Gasteiger partial charge is 0.342 e. The first-order valence-corrected chi connectivity index (χ1v) is 11.1. The lowest BCUT2D eigenvalue weighted by Gasteiger charge is -2.35. The maximum atomic E-state index is 12.8. The van der Waals surface area contributed by atoms with E-state index in [1.165, 1.54) is 29.7 Å². The lowest BCUT2D eigenvalue weighted by atomic mass is 10.2. The summed E-state index contributed by atoms with van der Waals surface area (Å²) in [6.45, 7) is 5.78. The fourth-order valence-electron chi connectivity index (χ4n) is 4.21. The number of hydrogen-bond donors (Lipinski definition) is 0. The summed E-state index contributed by atoms with van der Waals surface area (Å²) < 4.78 is 39.9. The van der Waals surface area contributed by atoms with Gasteiger partial charge in [0.2, 0.25) is 5.91 Å². The van der Waals surface area contributed by atoms with Crippen molar-refractivity contribution < 1.29 is 18.0 Å². The number of piperazine rings is 1. The van der Waals surface area contributed by atoms with E-state index >= 15 is 0 Å². The third-order valence-corrected chi connectivity index (χ3v) is 6.12. The van der Waals surface area contributed by atoms with Crippen LogP contribution in [0.1, 0.15) is 37.1 Å². The van der Waals surface area contributed by atoms with E-state index in [0.717, 1.165) is 64.2 Å². The number of carbonyl (C=O) groups is 1. The first-order valence-electron chi connectivity index (χ1n) is 11.1. The molecule has 0 unspecified atom stereocenters. The topological polar surface area (TPSA) is 70.4 Å². The predicted molar refractivity (Wildman–Crippen MR) is 111 cm³/mol. The van der Waals surface area contributed by atoms with Crippen molar-refractivity contribution in [3.8, 4) is 5.69 Å². The van der Waals surface area contributed by atoms with Crippen molar-refractivity contribution in [2.24, 2.45) is 0 Å². The van der Waals surface area contributed by atoms with E-state index in [1.807, 2.05) is 4.90 Å². The van der Waals surface area contributed by atoms with Crippen molar-refractivity contribution in [1.82, 2.24) is 34.9 Å². The highest BCUT2D eigenvalue weighted by molar-refractivity contribution is 5.78. The minimum atomic E-state index is -4.38. The first kappa shape index (κ1) is 22.7. The van der Waals surface area contributed by atoms with Crippen molar-refractivity contribution in [3.63, 3.8) is 0 Å². The van der Waals surface area contributed by atoms with Gasteiger partial charge in [0, 0.05) is 39.3 Å². The van der Waals surface area contributed by atoms with Gasteiger partial charge in [-0.2, -0.15) is 17.9 Å². The molecule has 0 bridgehead atoms. The van der Waals surface area contributed by atoms with Crippen LogP contribution in [0.25, 0.3) is 5.69 Å². The van der Waals surface area contributed by atoms with Crippen LogP contribution in [-0.4, -0.2) is 86.6 Å². The summed E-state index contributed by atoms with van der Waals surface area (Å²) in [5, 5.41) is 11.7. The number of alkyl halides is 3. The largest absolute Gasteiger partial charge is 0.416 e. The van der Waals surface area contributed by atoms with Crippen LogP contribution in [0.15, 0.2) is 24.3 Å². The molecule has 2 aliphatic rings. The Kier molecular flexibility index (Phi) is 7.04. The van der Waals surface area contributed by atoms with E-state index in [2.05, 4.69) is 25.3 Å². The molecule has 0 atom stereocenters. The summed E-state index contributed by atoms with van der Waals surface area (Å²) in [7, 11) is 0. The summed E-state index contributed by atoms with van der Waals surface area (Å²) in [6, 6.07) is 4.80. The highest BCUT2D eigenvalue weighted by Gasteiger charge is 2.30. The van der Waals surface area contributed by atoms with Gasteiger partial charge in [-0.15, -0.1) is 5.10 Å². The molecule has 1 amide bonds. The monoisotopic (exact) mass is 451 g/mol. The van der Waals surface area contributed by atoms with Gasteiger partial charge in [0.05, 0.1) is 24.3 Å². The number of benzene rings is 1. The van der Waals surface area contributed by atoms with Crippen LogP contribution >= 0.6 is 0 Å². The second-order valence-electron chi connectivity index (χ2n) is 8.40. The maximum absolute atomic E-state index is 12.8. The van der Waals surface area contributed by atoms with E-state index in [-0.39, 0.29) is 5.91 Å². The minimum Gasteiger partial charge on any atom is -0.342 e. The SMILES string of the molecule is O=C(CN1CCN(Cc2nnnn2-c2ccc(C(F)(F)F)cc2)CC1)N1CCCCCC1. The summed E-state index contributed by atoms with van der Waals surface area (Å²) in [4.78, 5) is 19.0. The van der Waals surface area contributed by atoms with Crippen LogP contribution in [0.5, 0.6) is 0 Å². The normalized spacial score (nSPS) is 19.2. The molecule has 3 heterocycles. The molecular weight excluding hydrogens is 423 g/mol. The molecular formula is C21H28F3N7O. The molecule has 1 aromatic carbocycles. The molecule has 4 rings (SSSR count). The first-order chi connectivity index (χ1) is 15.4. The van der Waals surface area contributed by atoms with Crippen molar-refractivity contribution in [3.05, 3.63) is 35.7 Å². The molecule has 0 aliphatic carbocycles. The zero-order valence-corrected chi connectivity index (χ0v) is 18.0. The highest BCUT2D eigenvalue weighted by atomic mass is 19.4. The number of halogens is 3. The van der Waals surface area contributed by atoms with Crippen molar-refractivity contribution >= 4 is 5.91 Å². The Morgan fingerprint density at radius 3 is 2.12 bits per heavy atom. The molecule has 174 valence electrons.